The number of carbonyl (C=O) groups excluding carboxylic acids is 1. The lowest BCUT2D eigenvalue weighted by atomic mass is 10.3. The van der Waals surface area contributed by atoms with Crippen LogP contribution in [-0.4, -0.2) is 36.4 Å². The number of rotatable bonds is 5. The van der Waals surface area contributed by atoms with Gasteiger partial charge in [0.05, 0.1) is 12.4 Å². The van der Waals surface area contributed by atoms with Gasteiger partial charge in [-0.15, -0.1) is 10.2 Å². The Kier molecular flexibility index (Phi) is 4.68. The van der Waals surface area contributed by atoms with Crippen LogP contribution in [0.2, 0.25) is 0 Å². The molecule has 0 N–H and O–H groups in total. The lowest BCUT2D eigenvalue weighted by Gasteiger charge is -2.11. The molecule has 22 heavy (non-hydrogen) atoms. The van der Waals surface area contributed by atoms with Crippen molar-refractivity contribution in [3.63, 3.8) is 0 Å². The van der Waals surface area contributed by atoms with Gasteiger partial charge in [0.1, 0.15) is 5.76 Å². The Labute approximate surface area is 136 Å². The fraction of sp³-hybridized carbons (Fsp3) is 0.500. The minimum Gasteiger partial charge on any atom is -0.463 e. The van der Waals surface area contributed by atoms with Crippen LogP contribution in [0.1, 0.15) is 41.3 Å². The van der Waals surface area contributed by atoms with Crippen LogP contribution in [0.5, 0.6) is 0 Å². The number of esters is 1. The van der Waals surface area contributed by atoms with Gasteiger partial charge in [-0.2, -0.15) is 0 Å². The molecule has 6 nitrogen and oxygen atoms in total. The Balaban J connectivity index is 1.65. The van der Waals surface area contributed by atoms with Crippen molar-refractivity contribution in [3.8, 4) is 0 Å². The molecule has 1 aliphatic rings. The number of hydrogen-bond donors (Lipinski definition) is 0. The third-order valence-corrected chi connectivity index (χ3v) is 5.65. The van der Waals surface area contributed by atoms with Crippen LogP contribution < -0.4 is 4.90 Å². The predicted molar refractivity (Wildman–Crippen MR) is 85.7 cm³/mol. The quantitative estimate of drug-likeness (QED) is 0.611. The summed E-state index contributed by atoms with van der Waals surface area (Å²) in [6, 6.07) is 3.43. The first-order chi connectivity index (χ1) is 10.7. The lowest BCUT2D eigenvalue weighted by Crippen LogP contribution is -2.17. The number of furan rings is 1. The first kappa shape index (κ1) is 15.4. The van der Waals surface area contributed by atoms with Gasteiger partial charge in [-0.1, -0.05) is 23.1 Å². The molecule has 0 bridgehead atoms. The van der Waals surface area contributed by atoms with Crippen molar-refractivity contribution in [2.24, 2.45) is 0 Å². The number of hydrogen-bond acceptors (Lipinski definition) is 8. The molecule has 1 saturated heterocycles. The average Bonchev–Trinajstić information content (AvgIpc) is 3.25. The van der Waals surface area contributed by atoms with Crippen LogP contribution in [0.3, 0.4) is 0 Å². The van der Waals surface area contributed by atoms with Crippen molar-refractivity contribution in [1.82, 2.24) is 10.2 Å². The van der Waals surface area contributed by atoms with E-state index in [0.717, 1.165) is 28.3 Å². The molecule has 0 aliphatic carbocycles. The second kappa shape index (κ2) is 6.70. The average molecular weight is 339 g/mol. The van der Waals surface area contributed by atoms with Gasteiger partial charge in [0.2, 0.25) is 10.9 Å². The fourth-order valence-corrected chi connectivity index (χ4v) is 4.39. The summed E-state index contributed by atoms with van der Waals surface area (Å²) in [6.45, 7) is 4.15. The fourth-order valence-electron chi connectivity index (χ4n) is 2.28. The number of thioether (sulfide) groups is 1. The smallest absolute Gasteiger partial charge is 0.373 e. The Bertz CT molecular complexity index is 649. The maximum atomic E-state index is 11.4. The van der Waals surface area contributed by atoms with Gasteiger partial charge >= 0.3 is 5.97 Å². The van der Waals surface area contributed by atoms with Crippen LogP contribution in [0, 0.1) is 0 Å². The molecule has 0 aromatic carbocycles. The number of methoxy groups -OCH3 is 1. The molecule has 0 saturated carbocycles. The van der Waals surface area contributed by atoms with E-state index in [0.29, 0.717) is 0 Å². The summed E-state index contributed by atoms with van der Waals surface area (Å²) in [5.41, 5.74) is 0. The molecule has 0 spiro atoms. The van der Waals surface area contributed by atoms with E-state index in [9.17, 15) is 4.79 Å². The van der Waals surface area contributed by atoms with Gasteiger partial charge in [-0.05, 0) is 31.9 Å². The molecule has 0 amide bonds. The summed E-state index contributed by atoms with van der Waals surface area (Å²) in [5, 5.41) is 9.54. The largest absolute Gasteiger partial charge is 0.463 e. The molecule has 118 valence electrons. The van der Waals surface area contributed by atoms with E-state index in [1.165, 1.54) is 20.0 Å². The molecule has 1 atom stereocenters. The van der Waals surface area contributed by atoms with Crippen molar-refractivity contribution in [2.75, 3.05) is 25.1 Å². The Morgan fingerprint density at radius 3 is 2.91 bits per heavy atom. The van der Waals surface area contributed by atoms with E-state index in [1.54, 1.807) is 35.2 Å². The topological polar surface area (TPSA) is 68.5 Å². The molecule has 8 heteroatoms. The third kappa shape index (κ3) is 3.27. The Morgan fingerprint density at radius 1 is 1.41 bits per heavy atom. The molecular formula is C14H17N3O3S2. The predicted octanol–water partition coefficient (Wildman–Crippen LogP) is 3.37. The highest BCUT2D eigenvalue weighted by Gasteiger charge is 2.20. The summed E-state index contributed by atoms with van der Waals surface area (Å²) in [5.74, 6) is 0.485. The van der Waals surface area contributed by atoms with Crippen molar-refractivity contribution < 1.29 is 13.9 Å². The number of aromatic nitrogens is 2. The van der Waals surface area contributed by atoms with Crippen molar-refractivity contribution in [3.05, 3.63) is 23.7 Å². The van der Waals surface area contributed by atoms with E-state index in [4.69, 9.17) is 4.42 Å². The molecule has 0 radical (unpaired) electrons. The normalized spacial score (nSPS) is 16.0. The minimum absolute atomic E-state index is 0.0535. The van der Waals surface area contributed by atoms with E-state index in [1.807, 2.05) is 6.92 Å². The van der Waals surface area contributed by atoms with Gasteiger partial charge in [0, 0.05) is 13.1 Å². The molecule has 2 aromatic heterocycles. The third-order valence-electron chi connectivity index (χ3n) is 3.46. The SMILES string of the molecule is COC(=O)c1ccc([C@@H](C)Sc2nnc(N3CCCC3)s2)o1. The highest BCUT2D eigenvalue weighted by molar-refractivity contribution is 8.01. The number of ether oxygens (including phenoxy) is 1. The van der Waals surface area contributed by atoms with Gasteiger partial charge < -0.3 is 14.1 Å². The zero-order valence-electron chi connectivity index (χ0n) is 12.4. The first-order valence-corrected chi connectivity index (χ1v) is 8.80. The second-order valence-electron chi connectivity index (χ2n) is 5.00. The summed E-state index contributed by atoms with van der Waals surface area (Å²) < 4.78 is 11.1. The number of nitrogens with zero attached hydrogens (tertiary/aromatic N) is 3. The minimum atomic E-state index is -0.462. The monoisotopic (exact) mass is 339 g/mol. The van der Waals surface area contributed by atoms with Crippen LogP contribution in [0.4, 0.5) is 5.13 Å². The van der Waals surface area contributed by atoms with Gasteiger partial charge in [-0.3, -0.25) is 0 Å². The molecule has 0 unspecified atom stereocenters. The molecule has 1 aliphatic heterocycles. The van der Waals surface area contributed by atoms with E-state index < -0.39 is 5.97 Å². The first-order valence-electron chi connectivity index (χ1n) is 7.10. The van der Waals surface area contributed by atoms with Gasteiger partial charge in [-0.25, -0.2) is 4.79 Å². The van der Waals surface area contributed by atoms with Crippen molar-refractivity contribution in [2.45, 2.75) is 29.4 Å². The lowest BCUT2D eigenvalue weighted by molar-refractivity contribution is 0.0563. The highest BCUT2D eigenvalue weighted by atomic mass is 32.2. The summed E-state index contributed by atoms with van der Waals surface area (Å²) in [6.07, 6.45) is 2.45. The molecule has 2 aromatic rings. The summed E-state index contributed by atoms with van der Waals surface area (Å²) in [4.78, 5) is 13.7. The molecule has 3 rings (SSSR count). The van der Waals surface area contributed by atoms with Crippen molar-refractivity contribution in [1.29, 1.82) is 0 Å². The van der Waals surface area contributed by atoms with Crippen LogP contribution in [-0.2, 0) is 4.74 Å². The van der Waals surface area contributed by atoms with Gasteiger partial charge in [0.25, 0.3) is 0 Å². The summed E-state index contributed by atoms with van der Waals surface area (Å²) in [7, 11) is 1.34. The Morgan fingerprint density at radius 2 is 2.18 bits per heavy atom. The highest BCUT2D eigenvalue weighted by Crippen LogP contribution is 2.39. The van der Waals surface area contributed by atoms with Crippen LogP contribution in [0.25, 0.3) is 0 Å². The molecular weight excluding hydrogens is 322 g/mol. The maximum Gasteiger partial charge on any atom is 0.373 e. The van der Waals surface area contributed by atoms with E-state index in [2.05, 4.69) is 19.8 Å². The van der Waals surface area contributed by atoms with Crippen LogP contribution >= 0.6 is 23.1 Å². The molecule has 3 heterocycles. The maximum absolute atomic E-state index is 11.4. The second-order valence-corrected chi connectivity index (χ2v) is 7.54. The zero-order chi connectivity index (χ0) is 15.5. The Hall–Kier alpha value is -1.54. The van der Waals surface area contributed by atoms with Crippen molar-refractivity contribution >= 4 is 34.2 Å². The number of anilines is 1. The standard InChI is InChI=1S/C14H17N3O3S2/c1-9(10-5-6-11(20-10)12(18)19-2)21-14-16-15-13(22-14)17-7-3-4-8-17/h5-6,9H,3-4,7-8H2,1-2H3/t9-/m1/s1. The van der Waals surface area contributed by atoms with E-state index in [-0.39, 0.29) is 11.0 Å². The molecule has 1 fully saturated rings. The number of carbonyl (C=O) groups is 1. The van der Waals surface area contributed by atoms with Gasteiger partial charge in [0.15, 0.2) is 4.34 Å². The van der Waals surface area contributed by atoms with E-state index >= 15 is 0 Å². The summed E-state index contributed by atoms with van der Waals surface area (Å²) >= 11 is 3.19. The zero-order valence-corrected chi connectivity index (χ0v) is 14.1. The van der Waals surface area contributed by atoms with Crippen LogP contribution in [0.15, 0.2) is 20.9 Å².